The van der Waals surface area contributed by atoms with E-state index in [0.29, 0.717) is 23.4 Å². The fraction of sp³-hybridized carbons (Fsp3) is 0.583. The molecule has 2 aromatic rings. The summed E-state index contributed by atoms with van der Waals surface area (Å²) in [5.74, 6) is -0.922. The number of hydrogen-bond donors (Lipinski definition) is 2. The summed E-state index contributed by atoms with van der Waals surface area (Å²) >= 11 is 0. The van der Waals surface area contributed by atoms with E-state index in [-0.39, 0.29) is 41.4 Å². The number of carbonyl (C=O) groups excluding carboxylic acids is 2. The molecular weight excluding hydrogens is 422 g/mol. The first kappa shape index (κ1) is 23.1. The average Bonchev–Trinajstić information content (AvgIpc) is 3.39. The van der Waals surface area contributed by atoms with Gasteiger partial charge < -0.3 is 15.3 Å². The second-order valence-corrected chi connectivity index (χ2v) is 9.84. The van der Waals surface area contributed by atoms with E-state index in [1.165, 1.54) is 10.6 Å². The summed E-state index contributed by atoms with van der Waals surface area (Å²) in [7, 11) is 0. The maximum Gasteiger partial charge on any atom is 0.291 e. The molecule has 3 heterocycles. The first-order valence-corrected chi connectivity index (χ1v) is 11.8. The third kappa shape index (κ3) is 4.28. The summed E-state index contributed by atoms with van der Waals surface area (Å²) in [5, 5.41) is 18.2. The monoisotopic (exact) mass is 455 g/mol. The molecule has 0 spiro atoms. The molecule has 1 aliphatic heterocycles. The molecule has 9 heteroatoms. The Bertz CT molecular complexity index is 1180. The van der Waals surface area contributed by atoms with Crippen LogP contribution in [0.1, 0.15) is 75.0 Å². The number of nitrogens with zero attached hydrogens (tertiary/aromatic N) is 4. The predicted octanol–water partition coefficient (Wildman–Crippen LogP) is 2.47. The Morgan fingerprint density at radius 3 is 2.39 bits per heavy atom. The lowest BCUT2D eigenvalue weighted by Gasteiger charge is -2.24. The Kier molecular flexibility index (Phi) is 6.07. The minimum atomic E-state index is -0.670. The van der Waals surface area contributed by atoms with Crippen LogP contribution < -0.4 is 10.9 Å². The first-order valence-electron chi connectivity index (χ1n) is 11.8. The van der Waals surface area contributed by atoms with Gasteiger partial charge in [0.05, 0.1) is 5.69 Å². The standard InChI is InChI=1S/C24H33N5O4/c1-13(2)12-27-22-18(10-11-19(30)28-14(3)6-7-15(28)4)16(5)26-29(22)24(33)20(23(27)32)21(31)25-17-8-9-17/h10-11,13-15,17,32H,6-9,12H2,1-5H3,(H,25,31)/b11-10+/t14-,15-/m1/s1. The average molecular weight is 456 g/mol. The van der Waals surface area contributed by atoms with Crippen LogP contribution in [0.2, 0.25) is 0 Å². The number of aromatic hydroxyl groups is 1. The highest BCUT2D eigenvalue weighted by atomic mass is 16.3. The molecule has 2 amide bonds. The molecule has 0 radical (unpaired) electrons. The van der Waals surface area contributed by atoms with Crippen molar-refractivity contribution in [3.05, 3.63) is 33.3 Å². The van der Waals surface area contributed by atoms with E-state index in [9.17, 15) is 19.5 Å². The summed E-state index contributed by atoms with van der Waals surface area (Å²) in [6, 6.07) is 0.403. The number of likely N-dealkylation sites (tertiary alicyclic amines) is 1. The number of carbonyl (C=O) groups is 2. The van der Waals surface area contributed by atoms with Gasteiger partial charge in [0.2, 0.25) is 11.8 Å². The van der Waals surface area contributed by atoms with Crippen LogP contribution in [0.25, 0.3) is 11.7 Å². The van der Waals surface area contributed by atoms with Crippen LogP contribution in [0.4, 0.5) is 0 Å². The number of fused-ring (bicyclic) bond motifs is 1. The summed E-state index contributed by atoms with van der Waals surface area (Å²) in [4.78, 5) is 40.7. The van der Waals surface area contributed by atoms with E-state index in [0.717, 1.165) is 25.7 Å². The fourth-order valence-electron chi connectivity index (χ4n) is 4.65. The van der Waals surface area contributed by atoms with Crippen LogP contribution >= 0.6 is 0 Å². The first-order chi connectivity index (χ1) is 15.6. The molecule has 1 saturated heterocycles. The molecule has 2 aromatic heterocycles. The molecule has 9 nitrogen and oxygen atoms in total. The van der Waals surface area contributed by atoms with Gasteiger partial charge in [-0.05, 0) is 58.4 Å². The number of amides is 2. The van der Waals surface area contributed by atoms with E-state index in [1.54, 1.807) is 17.6 Å². The predicted molar refractivity (Wildman–Crippen MR) is 125 cm³/mol. The Labute approximate surface area is 193 Å². The molecule has 2 atom stereocenters. The molecule has 1 saturated carbocycles. The maximum atomic E-state index is 13.2. The van der Waals surface area contributed by atoms with Crippen LogP contribution in [-0.2, 0) is 11.3 Å². The summed E-state index contributed by atoms with van der Waals surface area (Å²) < 4.78 is 2.73. The van der Waals surface area contributed by atoms with E-state index >= 15 is 0 Å². The second-order valence-electron chi connectivity index (χ2n) is 9.84. The Hall–Kier alpha value is -3.10. The molecule has 1 aliphatic carbocycles. The highest BCUT2D eigenvalue weighted by molar-refractivity contribution is 5.97. The van der Waals surface area contributed by atoms with Crippen molar-refractivity contribution in [1.82, 2.24) is 24.4 Å². The number of rotatable bonds is 6. The number of nitrogens with one attached hydrogen (secondary N) is 1. The number of aromatic nitrogens is 3. The van der Waals surface area contributed by atoms with Gasteiger partial charge >= 0.3 is 0 Å². The molecule has 33 heavy (non-hydrogen) atoms. The van der Waals surface area contributed by atoms with E-state index < -0.39 is 11.5 Å². The molecule has 2 aliphatic rings. The Morgan fingerprint density at radius 2 is 1.82 bits per heavy atom. The molecule has 2 fully saturated rings. The van der Waals surface area contributed by atoms with Crippen molar-refractivity contribution in [3.8, 4) is 5.88 Å². The molecule has 2 N–H and O–H groups in total. The van der Waals surface area contributed by atoms with Crippen molar-refractivity contribution in [2.45, 2.75) is 85.0 Å². The number of hydrogen-bond acceptors (Lipinski definition) is 5. The zero-order valence-corrected chi connectivity index (χ0v) is 20.0. The van der Waals surface area contributed by atoms with E-state index in [2.05, 4.69) is 10.4 Å². The van der Waals surface area contributed by atoms with Gasteiger partial charge in [-0.3, -0.25) is 19.0 Å². The summed E-state index contributed by atoms with van der Waals surface area (Å²) in [5.41, 5.74) is 0.513. The molecular formula is C24H33N5O4. The third-order valence-corrected chi connectivity index (χ3v) is 6.51. The maximum absolute atomic E-state index is 13.2. The van der Waals surface area contributed by atoms with Gasteiger partial charge in [0, 0.05) is 36.3 Å². The quantitative estimate of drug-likeness (QED) is 0.651. The van der Waals surface area contributed by atoms with Gasteiger partial charge in [-0.2, -0.15) is 9.61 Å². The molecule has 0 bridgehead atoms. The van der Waals surface area contributed by atoms with Gasteiger partial charge in [0.25, 0.3) is 11.5 Å². The lowest BCUT2D eigenvalue weighted by Crippen LogP contribution is -2.37. The molecule has 178 valence electrons. The highest BCUT2D eigenvalue weighted by Gasteiger charge is 2.31. The van der Waals surface area contributed by atoms with Crippen molar-refractivity contribution in [3.63, 3.8) is 0 Å². The summed E-state index contributed by atoms with van der Waals surface area (Å²) in [6.45, 7) is 10.2. The minimum absolute atomic E-state index is 0.0461. The van der Waals surface area contributed by atoms with E-state index in [4.69, 9.17) is 0 Å². The van der Waals surface area contributed by atoms with Gasteiger partial charge in [-0.1, -0.05) is 13.8 Å². The Balaban J connectivity index is 1.82. The van der Waals surface area contributed by atoms with Gasteiger partial charge in [0.15, 0.2) is 5.56 Å². The molecule has 0 aromatic carbocycles. The van der Waals surface area contributed by atoms with Crippen LogP contribution in [-0.4, -0.2) is 54.1 Å². The van der Waals surface area contributed by atoms with Crippen molar-refractivity contribution in [1.29, 1.82) is 0 Å². The van der Waals surface area contributed by atoms with Gasteiger partial charge in [0.1, 0.15) is 5.65 Å². The fourth-order valence-corrected chi connectivity index (χ4v) is 4.65. The second kappa shape index (κ2) is 8.68. The smallest absolute Gasteiger partial charge is 0.291 e. The Morgan fingerprint density at radius 1 is 1.18 bits per heavy atom. The van der Waals surface area contributed by atoms with Gasteiger partial charge in [-0.15, -0.1) is 0 Å². The topological polar surface area (TPSA) is 109 Å². The van der Waals surface area contributed by atoms with Crippen LogP contribution in [0.15, 0.2) is 10.9 Å². The third-order valence-electron chi connectivity index (χ3n) is 6.51. The van der Waals surface area contributed by atoms with Crippen LogP contribution in [0, 0.1) is 12.8 Å². The van der Waals surface area contributed by atoms with Crippen molar-refractivity contribution in [2.75, 3.05) is 0 Å². The van der Waals surface area contributed by atoms with Crippen molar-refractivity contribution in [2.24, 2.45) is 5.92 Å². The largest absolute Gasteiger partial charge is 0.494 e. The van der Waals surface area contributed by atoms with Gasteiger partial charge in [-0.25, -0.2) is 0 Å². The lowest BCUT2D eigenvalue weighted by atomic mass is 10.1. The normalized spacial score (nSPS) is 21.0. The van der Waals surface area contributed by atoms with Crippen LogP contribution in [0.5, 0.6) is 5.88 Å². The minimum Gasteiger partial charge on any atom is -0.494 e. The van der Waals surface area contributed by atoms with Crippen molar-refractivity contribution < 1.29 is 14.7 Å². The van der Waals surface area contributed by atoms with Crippen molar-refractivity contribution >= 4 is 23.5 Å². The zero-order valence-electron chi connectivity index (χ0n) is 20.0. The SMILES string of the molecule is Cc1nn2c(=O)c(C(=O)NC3CC3)c(O)n(CC(C)C)c2c1/C=C/C(=O)N1[C@H](C)CC[C@H]1C. The summed E-state index contributed by atoms with van der Waals surface area (Å²) in [6.07, 6.45) is 6.86. The lowest BCUT2D eigenvalue weighted by molar-refractivity contribution is -0.128. The number of aryl methyl sites for hydroxylation is 1. The van der Waals surface area contributed by atoms with E-state index in [1.807, 2.05) is 32.6 Å². The van der Waals surface area contributed by atoms with Crippen LogP contribution in [0.3, 0.4) is 0 Å². The molecule has 4 rings (SSSR count). The highest BCUT2D eigenvalue weighted by Crippen LogP contribution is 2.27. The zero-order chi connectivity index (χ0) is 24.0. The molecule has 0 unspecified atom stereocenters.